The Morgan fingerprint density at radius 2 is 2.21 bits per heavy atom. The zero-order chi connectivity index (χ0) is 13.3. The molecule has 1 aliphatic heterocycles. The summed E-state index contributed by atoms with van der Waals surface area (Å²) in [6, 6.07) is 0.645. The van der Waals surface area contributed by atoms with E-state index < -0.39 is 16.8 Å². The van der Waals surface area contributed by atoms with Gasteiger partial charge in [0, 0.05) is 12.3 Å². The molecular weight excluding hydrogens is 290 g/mol. The van der Waals surface area contributed by atoms with Crippen LogP contribution in [0.3, 0.4) is 0 Å². The van der Waals surface area contributed by atoms with Crippen molar-refractivity contribution < 1.29 is 15.0 Å². The molecule has 0 radical (unpaired) electrons. The van der Waals surface area contributed by atoms with Gasteiger partial charge < -0.3 is 15.5 Å². The summed E-state index contributed by atoms with van der Waals surface area (Å²) < 4.78 is -0.522. The number of amidine groups is 1. The number of halogens is 1. The summed E-state index contributed by atoms with van der Waals surface area (Å²) >= 11 is 1.33. The van der Waals surface area contributed by atoms with Crippen LogP contribution in [0.25, 0.3) is 0 Å². The first-order chi connectivity index (χ1) is 8.40. The van der Waals surface area contributed by atoms with E-state index in [1.54, 1.807) is 0 Å². The van der Waals surface area contributed by atoms with E-state index in [9.17, 15) is 9.90 Å². The molecule has 19 heavy (non-hydrogen) atoms. The van der Waals surface area contributed by atoms with Gasteiger partial charge in [0.2, 0.25) is 0 Å². The second kappa shape index (κ2) is 5.66. The third-order valence-electron chi connectivity index (χ3n) is 2.54. The molecule has 0 spiro atoms. The van der Waals surface area contributed by atoms with Crippen LogP contribution in [0, 0.1) is 0 Å². The standard InChI is InChI=1S/C11H13N3O3S.ClH/c1-11(2)8(9(16)17)14-10(18-11)13-6-5-12-4-3-7(6)15;/h3-5,8H,1-2H3,(H,12,15)(H,13,14)(H,16,17);1H/t8-;/m1./s1. The summed E-state index contributed by atoms with van der Waals surface area (Å²) in [6.45, 7) is 3.63. The van der Waals surface area contributed by atoms with Gasteiger partial charge in [-0.2, -0.15) is 0 Å². The largest absolute Gasteiger partial charge is 0.506 e. The van der Waals surface area contributed by atoms with Gasteiger partial charge in [-0.3, -0.25) is 4.98 Å². The molecule has 0 fully saturated rings. The number of aromatic hydroxyl groups is 1. The van der Waals surface area contributed by atoms with E-state index in [4.69, 9.17) is 5.11 Å². The molecule has 0 unspecified atom stereocenters. The maximum absolute atomic E-state index is 11.1. The summed E-state index contributed by atoms with van der Waals surface area (Å²) in [6.07, 6.45) is 2.92. The average Bonchev–Trinajstić information content (AvgIpc) is 2.57. The fraction of sp³-hybridized carbons (Fsp3) is 0.364. The summed E-state index contributed by atoms with van der Waals surface area (Å²) in [5.74, 6) is -0.912. The van der Waals surface area contributed by atoms with Crippen LogP contribution >= 0.6 is 24.2 Å². The first-order valence-corrected chi connectivity index (χ1v) is 6.11. The van der Waals surface area contributed by atoms with Crippen molar-refractivity contribution >= 4 is 41.0 Å². The third kappa shape index (κ3) is 3.30. The lowest BCUT2D eigenvalue weighted by Gasteiger charge is -2.20. The maximum atomic E-state index is 11.1. The average molecular weight is 304 g/mol. The number of aromatic nitrogens is 1. The fourth-order valence-electron chi connectivity index (χ4n) is 1.61. The van der Waals surface area contributed by atoms with E-state index in [2.05, 4.69) is 15.3 Å². The number of thioether (sulfide) groups is 1. The maximum Gasteiger partial charge on any atom is 0.329 e. The smallest absolute Gasteiger partial charge is 0.329 e. The SMILES string of the molecule is CC1(C)SC(Nc2cnccc2O)=N[C@@H]1C(=O)O.Cl. The Bertz CT molecular complexity index is 522. The van der Waals surface area contributed by atoms with Crippen molar-refractivity contribution in [3.8, 4) is 5.75 Å². The van der Waals surface area contributed by atoms with E-state index in [0.29, 0.717) is 10.9 Å². The lowest BCUT2D eigenvalue weighted by molar-refractivity contribution is -0.138. The summed E-state index contributed by atoms with van der Waals surface area (Å²) in [7, 11) is 0. The summed E-state index contributed by atoms with van der Waals surface area (Å²) in [5, 5.41) is 22.0. The number of rotatable bonds is 2. The first-order valence-electron chi connectivity index (χ1n) is 5.30. The fourth-order valence-corrected chi connectivity index (χ4v) is 2.70. The minimum absolute atomic E-state index is 0. The number of carboxylic acid groups (broad SMARTS) is 1. The van der Waals surface area contributed by atoms with E-state index in [0.717, 1.165) is 0 Å². The molecule has 1 aliphatic rings. The van der Waals surface area contributed by atoms with Crippen LogP contribution in [0.15, 0.2) is 23.5 Å². The highest BCUT2D eigenvalue weighted by molar-refractivity contribution is 8.15. The number of aliphatic imine (C=N–C) groups is 1. The molecule has 0 bridgehead atoms. The van der Waals surface area contributed by atoms with Gasteiger partial charge in [-0.1, -0.05) is 11.8 Å². The van der Waals surface area contributed by atoms with Gasteiger partial charge in [0.25, 0.3) is 0 Å². The van der Waals surface area contributed by atoms with Crippen molar-refractivity contribution in [2.24, 2.45) is 4.99 Å². The summed E-state index contributed by atoms with van der Waals surface area (Å²) in [4.78, 5) is 19.1. The van der Waals surface area contributed by atoms with Crippen LogP contribution in [0.1, 0.15) is 13.8 Å². The lowest BCUT2D eigenvalue weighted by Crippen LogP contribution is -2.34. The highest BCUT2D eigenvalue weighted by Gasteiger charge is 2.42. The second-order valence-electron chi connectivity index (χ2n) is 4.40. The molecule has 104 valence electrons. The van der Waals surface area contributed by atoms with Gasteiger partial charge in [-0.25, -0.2) is 9.79 Å². The number of nitrogens with zero attached hydrogens (tertiary/aromatic N) is 2. The quantitative estimate of drug-likeness (QED) is 0.773. The van der Waals surface area contributed by atoms with Crippen molar-refractivity contribution in [1.82, 2.24) is 4.98 Å². The number of hydrogen-bond acceptors (Lipinski definition) is 6. The van der Waals surface area contributed by atoms with Crippen molar-refractivity contribution in [1.29, 1.82) is 0 Å². The number of nitrogens with one attached hydrogen (secondary N) is 1. The predicted molar refractivity (Wildman–Crippen MR) is 77.3 cm³/mol. The van der Waals surface area contributed by atoms with Crippen molar-refractivity contribution in [3.05, 3.63) is 18.5 Å². The summed E-state index contributed by atoms with van der Waals surface area (Å²) in [5.41, 5.74) is 0.408. The van der Waals surface area contributed by atoms with Gasteiger partial charge in [-0.05, 0) is 13.8 Å². The van der Waals surface area contributed by atoms with Crippen molar-refractivity contribution in [2.45, 2.75) is 24.6 Å². The van der Waals surface area contributed by atoms with Gasteiger partial charge in [0.05, 0.1) is 10.9 Å². The van der Waals surface area contributed by atoms with E-state index >= 15 is 0 Å². The van der Waals surface area contributed by atoms with Gasteiger partial charge in [-0.15, -0.1) is 12.4 Å². The van der Waals surface area contributed by atoms with Crippen LogP contribution < -0.4 is 5.32 Å². The highest BCUT2D eigenvalue weighted by atomic mass is 35.5. The number of carboxylic acids is 1. The molecule has 8 heteroatoms. The molecule has 0 amide bonds. The zero-order valence-electron chi connectivity index (χ0n) is 10.3. The van der Waals surface area contributed by atoms with Gasteiger partial charge in [0.1, 0.15) is 11.4 Å². The Morgan fingerprint density at radius 1 is 1.53 bits per heavy atom. The molecule has 0 aliphatic carbocycles. The molecular formula is C11H14ClN3O3S. The monoisotopic (exact) mass is 303 g/mol. The van der Waals surface area contributed by atoms with Crippen molar-refractivity contribution in [3.63, 3.8) is 0 Å². The number of anilines is 1. The van der Waals surface area contributed by atoms with E-state index in [1.807, 2.05) is 13.8 Å². The van der Waals surface area contributed by atoms with Gasteiger partial charge in [0.15, 0.2) is 11.2 Å². The topological polar surface area (TPSA) is 94.8 Å². The minimum Gasteiger partial charge on any atom is -0.506 e. The Balaban J connectivity index is 0.00000180. The predicted octanol–water partition coefficient (Wildman–Crippen LogP) is 1.96. The molecule has 1 aromatic heterocycles. The lowest BCUT2D eigenvalue weighted by atomic mass is 10.0. The zero-order valence-corrected chi connectivity index (χ0v) is 12.0. The minimum atomic E-state index is -0.959. The molecule has 0 aromatic carbocycles. The van der Waals surface area contributed by atoms with Crippen LogP contribution in [0.2, 0.25) is 0 Å². The van der Waals surface area contributed by atoms with E-state index in [-0.39, 0.29) is 18.2 Å². The van der Waals surface area contributed by atoms with Crippen molar-refractivity contribution in [2.75, 3.05) is 5.32 Å². The molecule has 1 aromatic rings. The molecule has 2 heterocycles. The molecule has 6 nitrogen and oxygen atoms in total. The molecule has 3 N–H and O–H groups in total. The number of hydrogen-bond donors (Lipinski definition) is 3. The Hall–Kier alpha value is -1.47. The second-order valence-corrected chi connectivity index (χ2v) is 6.04. The van der Waals surface area contributed by atoms with E-state index in [1.165, 1.54) is 30.2 Å². The molecule has 0 saturated carbocycles. The normalized spacial score (nSPS) is 20.3. The Labute approximate surface area is 120 Å². The molecule has 2 rings (SSSR count). The number of aliphatic carboxylic acids is 1. The highest BCUT2D eigenvalue weighted by Crippen LogP contribution is 2.38. The van der Waals surface area contributed by atoms with Gasteiger partial charge >= 0.3 is 5.97 Å². The molecule has 1 atom stereocenters. The third-order valence-corrected chi connectivity index (χ3v) is 3.69. The number of carbonyl (C=O) groups is 1. The molecule has 0 saturated heterocycles. The van der Waals surface area contributed by atoms with Crippen LogP contribution in [-0.4, -0.2) is 37.1 Å². The first kappa shape index (κ1) is 15.6. The van der Waals surface area contributed by atoms with Crippen LogP contribution in [0.5, 0.6) is 5.75 Å². The van der Waals surface area contributed by atoms with Crippen LogP contribution in [-0.2, 0) is 4.79 Å². The Kier molecular flexibility index (Phi) is 4.65. The van der Waals surface area contributed by atoms with Crippen LogP contribution in [0.4, 0.5) is 5.69 Å². The number of pyridine rings is 1. The Morgan fingerprint density at radius 3 is 2.74 bits per heavy atom.